The summed E-state index contributed by atoms with van der Waals surface area (Å²) < 4.78 is 1.95. The zero-order valence-electron chi connectivity index (χ0n) is 8.22. The molecule has 0 aromatic carbocycles. The van der Waals surface area contributed by atoms with Gasteiger partial charge in [0.2, 0.25) is 0 Å². The van der Waals surface area contributed by atoms with Gasteiger partial charge >= 0.3 is 0 Å². The first-order chi connectivity index (χ1) is 6.90. The Morgan fingerprint density at radius 3 is 2.93 bits per heavy atom. The Kier molecular flexibility index (Phi) is 3.10. The summed E-state index contributed by atoms with van der Waals surface area (Å²) in [5.41, 5.74) is 0.804. The van der Waals surface area contributed by atoms with Crippen molar-refractivity contribution in [3.8, 4) is 0 Å². The molecule has 2 rings (SSSR count). The molecule has 14 heavy (non-hydrogen) atoms. The highest BCUT2D eigenvalue weighted by atomic mass is 16.6. The van der Waals surface area contributed by atoms with Gasteiger partial charge in [-0.1, -0.05) is 24.5 Å². The van der Waals surface area contributed by atoms with Crippen molar-refractivity contribution in [3.63, 3.8) is 0 Å². The summed E-state index contributed by atoms with van der Waals surface area (Å²) >= 11 is 0. The van der Waals surface area contributed by atoms with Crippen LogP contribution < -0.4 is 5.90 Å². The third-order valence-electron chi connectivity index (χ3n) is 2.74. The number of aromatic nitrogens is 3. The molecule has 1 aromatic heterocycles. The maximum Gasteiger partial charge on any atom is 0.113 e. The van der Waals surface area contributed by atoms with E-state index in [4.69, 9.17) is 5.90 Å². The predicted octanol–water partition coefficient (Wildman–Crippen LogP) is 1.17. The number of hydrogen-bond acceptors (Lipinski definition) is 4. The molecule has 1 heterocycles. The van der Waals surface area contributed by atoms with Gasteiger partial charge in [0.15, 0.2) is 0 Å². The molecule has 0 saturated heterocycles. The monoisotopic (exact) mass is 196 g/mol. The second-order valence-corrected chi connectivity index (χ2v) is 3.79. The Balaban J connectivity index is 2.00. The van der Waals surface area contributed by atoms with Gasteiger partial charge in [-0.3, -0.25) is 4.84 Å². The third kappa shape index (κ3) is 2.10. The third-order valence-corrected chi connectivity index (χ3v) is 2.74. The minimum Gasteiger partial charge on any atom is -0.298 e. The van der Waals surface area contributed by atoms with Crippen LogP contribution in [0, 0.1) is 0 Å². The van der Waals surface area contributed by atoms with Crippen LogP contribution in [0.1, 0.15) is 43.8 Å². The zero-order valence-corrected chi connectivity index (χ0v) is 8.22. The van der Waals surface area contributed by atoms with Crippen LogP contribution in [0.15, 0.2) is 6.20 Å². The second kappa shape index (κ2) is 4.52. The molecule has 1 saturated carbocycles. The molecule has 1 fully saturated rings. The van der Waals surface area contributed by atoms with E-state index in [1.807, 2.05) is 10.9 Å². The quantitative estimate of drug-likeness (QED) is 0.737. The average Bonchev–Trinajstić information content (AvgIpc) is 2.68. The van der Waals surface area contributed by atoms with Crippen molar-refractivity contribution < 1.29 is 4.84 Å². The molecule has 0 aliphatic heterocycles. The van der Waals surface area contributed by atoms with Crippen LogP contribution >= 0.6 is 0 Å². The van der Waals surface area contributed by atoms with E-state index in [1.54, 1.807) is 0 Å². The highest BCUT2D eigenvalue weighted by Gasteiger charge is 2.16. The lowest BCUT2D eigenvalue weighted by molar-refractivity contribution is 0.121. The molecule has 5 heteroatoms. The smallest absolute Gasteiger partial charge is 0.113 e. The molecule has 5 nitrogen and oxygen atoms in total. The van der Waals surface area contributed by atoms with E-state index in [9.17, 15) is 0 Å². The molecule has 1 aromatic rings. The topological polar surface area (TPSA) is 66.0 Å². The highest BCUT2D eigenvalue weighted by molar-refractivity contribution is 4.91. The number of nitrogens with two attached hydrogens (primary N) is 1. The molecule has 0 atom stereocenters. The molecule has 0 unspecified atom stereocenters. The first-order valence-electron chi connectivity index (χ1n) is 5.12. The van der Waals surface area contributed by atoms with Gasteiger partial charge in [0.25, 0.3) is 0 Å². The van der Waals surface area contributed by atoms with Crippen LogP contribution in [0.5, 0.6) is 0 Å². The minimum atomic E-state index is 0.340. The summed E-state index contributed by atoms with van der Waals surface area (Å²) in [5.74, 6) is 4.97. The normalized spacial score (nSPS) is 18.6. The van der Waals surface area contributed by atoms with Gasteiger partial charge in [0.05, 0.1) is 12.2 Å². The van der Waals surface area contributed by atoms with Crippen molar-refractivity contribution >= 4 is 0 Å². The lowest BCUT2D eigenvalue weighted by Crippen LogP contribution is -2.13. The van der Waals surface area contributed by atoms with Crippen molar-refractivity contribution in [2.75, 3.05) is 0 Å². The van der Waals surface area contributed by atoms with Crippen LogP contribution in [-0.2, 0) is 11.4 Å². The minimum absolute atomic E-state index is 0.340. The summed E-state index contributed by atoms with van der Waals surface area (Å²) in [6.45, 7) is 0.340. The number of nitrogens with zero attached hydrogens (tertiary/aromatic N) is 3. The molecular formula is C9H16N4O. The summed E-state index contributed by atoms with van der Waals surface area (Å²) in [6, 6.07) is 0.530. The fraction of sp³-hybridized carbons (Fsp3) is 0.778. The largest absolute Gasteiger partial charge is 0.298 e. The van der Waals surface area contributed by atoms with E-state index in [-0.39, 0.29) is 0 Å². The summed E-state index contributed by atoms with van der Waals surface area (Å²) in [7, 11) is 0. The predicted molar refractivity (Wildman–Crippen MR) is 51.1 cm³/mol. The molecule has 1 aliphatic carbocycles. The number of rotatable bonds is 3. The van der Waals surface area contributed by atoms with Gasteiger partial charge in [-0.25, -0.2) is 10.6 Å². The fourth-order valence-corrected chi connectivity index (χ4v) is 1.99. The SMILES string of the molecule is NOCc1cn(C2CCCCC2)nn1. The van der Waals surface area contributed by atoms with E-state index >= 15 is 0 Å². The first-order valence-corrected chi connectivity index (χ1v) is 5.12. The Labute approximate surface area is 83.2 Å². The molecule has 0 radical (unpaired) electrons. The molecule has 0 spiro atoms. The average molecular weight is 196 g/mol. The van der Waals surface area contributed by atoms with Crippen molar-refractivity contribution in [2.45, 2.75) is 44.8 Å². The van der Waals surface area contributed by atoms with Crippen LogP contribution in [0.2, 0.25) is 0 Å². The fourth-order valence-electron chi connectivity index (χ4n) is 1.99. The summed E-state index contributed by atoms with van der Waals surface area (Å²) in [4.78, 5) is 4.51. The van der Waals surface area contributed by atoms with Crippen molar-refractivity contribution in [2.24, 2.45) is 5.90 Å². The van der Waals surface area contributed by atoms with Gasteiger partial charge < -0.3 is 0 Å². The van der Waals surface area contributed by atoms with Crippen LogP contribution in [0.3, 0.4) is 0 Å². The van der Waals surface area contributed by atoms with Crippen LogP contribution in [0.25, 0.3) is 0 Å². The molecule has 0 amide bonds. The summed E-state index contributed by atoms with van der Waals surface area (Å²) in [5, 5.41) is 8.08. The second-order valence-electron chi connectivity index (χ2n) is 3.79. The van der Waals surface area contributed by atoms with Gasteiger partial charge in [-0.05, 0) is 12.8 Å². The lowest BCUT2D eigenvalue weighted by Gasteiger charge is -2.20. The number of hydrogen-bond donors (Lipinski definition) is 1. The van der Waals surface area contributed by atoms with Gasteiger partial charge in [0, 0.05) is 0 Å². The van der Waals surface area contributed by atoms with E-state index in [0.29, 0.717) is 12.6 Å². The van der Waals surface area contributed by atoms with Crippen LogP contribution in [0.4, 0.5) is 0 Å². The van der Waals surface area contributed by atoms with Crippen LogP contribution in [-0.4, -0.2) is 15.0 Å². The Hall–Kier alpha value is -0.940. The van der Waals surface area contributed by atoms with Gasteiger partial charge in [-0.15, -0.1) is 5.10 Å². The molecule has 78 valence electrons. The maximum atomic E-state index is 4.97. The van der Waals surface area contributed by atoms with Gasteiger partial charge in [0.1, 0.15) is 12.3 Å². The molecular weight excluding hydrogens is 180 g/mol. The van der Waals surface area contributed by atoms with E-state index < -0.39 is 0 Å². The molecule has 0 bridgehead atoms. The first kappa shape index (κ1) is 9.61. The highest BCUT2D eigenvalue weighted by Crippen LogP contribution is 2.27. The van der Waals surface area contributed by atoms with Crippen molar-refractivity contribution in [1.29, 1.82) is 0 Å². The van der Waals surface area contributed by atoms with Crippen molar-refractivity contribution in [3.05, 3.63) is 11.9 Å². The lowest BCUT2D eigenvalue weighted by atomic mass is 9.96. The van der Waals surface area contributed by atoms with E-state index in [1.165, 1.54) is 32.1 Å². The van der Waals surface area contributed by atoms with E-state index in [0.717, 1.165) is 5.69 Å². The van der Waals surface area contributed by atoms with E-state index in [2.05, 4.69) is 15.1 Å². The molecule has 1 aliphatic rings. The Morgan fingerprint density at radius 1 is 1.43 bits per heavy atom. The molecule has 2 N–H and O–H groups in total. The zero-order chi connectivity index (χ0) is 9.80. The Bertz CT molecular complexity index is 280. The van der Waals surface area contributed by atoms with Crippen molar-refractivity contribution in [1.82, 2.24) is 15.0 Å². The standard InChI is InChI=1S/C9H16N4O/c10-14-7-8-6-13(12-11-8)9-4-2-1-3-5-9/h6,9H,1-5,7,10H2. The Morgan fingerprint density at radius 2 is 2.21 bits per heavy atom. The maximum absolute atomic E-state index is 4.97. The summed E-state index contributed by atoms with van der Waals surface area (Å²) in [6.07, 6.45) is 8.31. The van der Waals surface area contributed by atoms with Gasteiger partial charge in [-0.2, -0.15) is 0 Å².